The van der Waals surface area contributed by atoms with E-state index in [1.165, 1.54) is 19.2 Å². The molecule has 0 radical (unpaired) electrons. The van der Waals surface area contributed by atoms with Gasteiger partial charge in [0.1, 0.15) is 5.75 Å². The molecule has 0 saturated heterocycles. The topological polar surface area (TPSA) is 96.6 Å². The number of hydrogen-bond acceptors (Lipinski definition) is 5. The predicted molar refractivity (Wildman–Crippen MR) is 76.6 cm³/mol. The largest absolute Gasteiger partial charge is 0.495 e. The van der Waals surface area contributed by atoms with Crippen LogP contribution >= 0.6 is 0 Å². The third kappa shape index (κ3) is 3.73. The van der Waals surface area contributed by atoms with Crippen LogP contribution in [0.1, 0.15) is 15.9 Å². The first-order valence-electron chi connectivity index (χ1n) is 6.41. The fraction of sp³-hybridized carbons (Fsp3) is 0.286. The zero-order chi connectivity index (χ0) is 15.2. The van der Waals surface area contributed by atoms with Gasteiger partial charge in [-0.1, -0.05) is 0 Å². The predicted octanol–water partition coefficient (Wildman–Crippen LogP) is 1.19. The fourth-order valence-electron chi connectivity index (χ4n) is 1.90. The summed E-state index contributed by atoms with van der Waals surface area (Å²) in [7, 11) is 1.53. The lowest BCUT2D eigenvalue weighted by molar-refractivity contribution is 0.0697. The summed E-state index contributed by atoms with van der Waals surface area (Å²) < 4.78 is 6.84. The molecular formula is C14H17N3O4. The minimum Gasteiger partial charge on any atom is -0.495 e. The number of hydrogen-bond donors (Lipinski definition) is 3. The van der Waals surface area contributed by atoms with Gasteiger partial charge in [0.05, 0.1) is 37.7 Å². The Labute approximate surface area is 121 Å². The Balaban J connectivity index is 2.10. The van der Waals surface area contributed by atoms with Gasteiger partial charge in [0.15, 0.2) is 0 Å². The maximum atomic E-state index is 11.0. The van der Waals surface area contributed by atoms with Crippen molar-refractivity contribution >= 4 is 11.7 Å². The lowest BCUT2D eigenvalue weighted by Crippen LogP contribution is -2.04. The number of aliphatic hydroxyl groups is 1. The number of ether oxygens (including phenoxy) is 1. The van der Waals surface area contributed by atoms with E-state index in [1.807, 2.05) is 6.20 Å². The number of rotatable bonds is 7. The summed E-state index contributed by atoms with van der Waals surface area (Å²) in [4.78, 5) is 11.0. The molecule has 0 aliphatic rings. The van der Waals surface area contributed by atoms with Crippen molar-refractivity contribution < 1.29 is 19.7 Å². The van der Waals surface area contributed by atoms with E-state index in [1.54, 1.807) is 16.9 Å². The lowest BCUT2D eigenvalue weighted by Gasteiger charge is -2.11. The third-order valence-corrected chi connectivity index (χ3v) is 2.95. The molecule has 2 rings (SSSR count). The number of nitrogens with one attached hydrogen (secondary N) is 1. The number of anilines is 1. The van der Waals surface area contributed by atoms with Crippen LogP contribution in [0.5, 0.6) is 5.75 Å². The van der Waals surface area contributed by atoms with Crippen LogP contribution in [0.15, 0.2) is 30.6 Å². The maximum absolute atomic E-state index is 11.0. The van der Waals surface area contributed by atoms with E-state index in [-0.39, 0.29) is 12.2 Å². The summed E-state index contributed by atoms with van der Waals surface area (Å²) in [5, 5.41) is 25.1. The highest BCUT2D eigenvalue weighted by Gasteiger charge is 2.09. The quantitative estimate of drug-likeness (QED) is 0.709. The first-order valence-corrected chi connectivity index (χ1v) is 6.41. The second-order valence-corrected chi connectivity index (χ2v) is 4.41. The fourth-order valence-corrected chi connectivity index (χ4v) is 1.90. The molecule has 7 heteroatoms. The average molecular weight is 291 g/mol. The zero-order valence-electron chi connectivity index (χ0n) is 11.6. The number of nitrogens with zero attached hydrogens (tertiary/aromatic N) is 2. The third-order valence-electron chi connectivity index (χ3n) is 2.95. The number of benzene rings is 1. The van der Waals surface area contributed by atoms with Crippen LogP contribution in [0, 0.1) is 0 Å². The second kappa shape index (κ2) is 6.76. The summed E-state index contributed by atoms with van der Waals surface area (Å²) in [6, 6.07) is 4.63. The van der Waals surface area contributed by atoms with Gasteiger partial charge >= 0.3 is 5.97 Å². The highest BCUT2D eigenvalue weighted by atomic mass is 16.5. The minimum atomic E-state index is -0.989. The van der Waals surface area contributed by atoms with Crippen molar-refractivity contribution in [1.29, 1.82) is 0 Å². The molecule has 0 bridgehead atoms. The second-order valence-electron chi connectivity index (χ2n) is 4.41. The van der Waals surface area contributed by atoms with Crippen LogP contribution in [-0.4, -0.2) is 39.7 Å². The molecular weight excluding hydrogens is 274 g/mol. The molecule has 0 spiro atoms. The van der Waals surface area contributed by atoms with E-state index >= 15 is 0 Å². The van der Waals surface area contributed by atoms with Gasteiger partial charge in [0.2, 0.25) is 0 Å². The number of carboxylic acids is 1. The molecule has 1 aromatic carbocycles. The van der Waals surface area contributed by atoms with E-state index in [0.717, 1.165) is 5.56 Å². The van der Waals surface area contributed by atoms with E-state index in [9.17, 15) is 4.79 Å². The van der Waals surface area contributed by atoms with Gasteiger partial charge in [-0.25, -0.2) is 4.79 Å². The van der Waals surface area contributed by atoms with E-state index in [2.05, 4.69) is 10.4 Å². The standard InChI is InChI=1S/C14H17N3O4/c1-21-13-3-2-11(14(19)20)6-12(13)15-7-10-8-16-17(9-10)4-5-18/h2-3,6,8-9,15,18H,4-5,7H2,1H3,(H,19,20). The summed E-state index contributed by atoms with van der Waals surface area (Å²) in [6.45, 7) is 0.950. The Morgan fingerprint density at radius 1 is 1.48 bits per heavy atom. The van der Waals surface area contributed by atoms with Gasteiger partial charge < -0.3 is 20.3 Å². The molecule has 7 nitrogen and oxygen atoms in total. The van der Waals surface area contributed by atoms with Crippen LogP contribution in [0.2, 0.25) is 0 Å². The molecule has 0 fully saturated rings. The van der Waals surface area contributed by atoms with Crippen LogP contribution in [0.3, 0.4) is 0 Å². The monoisotopic (exact) mass is 291 g/mol. The number of aromatic carboxylic acids is 1. The van der Waals surface area contributed by atoms with Gasteiger partial charge in [-0.3, -0.25) is 4.68 Å². The van der Waals surface area contributed by atoms with E-state index < -0.39 is 5.97 Å². The summed E-state index contributed by atoms with van der Waals surface area (Å²) >= 11 is 0. The van der Waals surface area contributed by atoms with Gasteiger partial charge in [-0.2, -0.15) is 5.10 Å². The van der Waals surface area contributed by atoms with E-state index in [0.29, 0.717) is 24.5 Å². The van der Waals surface area contributed by atoms with E-state index in [4.69, 9.17) is 14.9 Å². The van der Waals surface area contributed by atoms with Crippen LogP contribution in [0.25, 0.3) is 0 Å². The van der Waals surface area contributed by atoms with Crippen molar-refractivity contribution in [2.75, 3.05) is 19.0 Å². The van der Waals surface area contributed by atoms with Crippen LogP contribution in [0.4, 0.5) is 5.69 Å². The van der Waals surface area contributed by atoms with Crippen molar-refractivity contribution in [1.82, 2.24) is 9.78 Å². The number of carbonyl (C=O) groups is 1. The number of aliphatic hydroxyl groups excluding tert-OH is 1. The van der Waals surface area contributed by atoms with Crippen molar-refractivity contribution in [2.45, 2.75) is 13.1 Å². The first-order chi connectivity index (χ1) is 10.1. The van der Waals surface area contributed by atoms with Crippen molar-refractivity contribution in [3.8, 4) is 5.75 Å². The molecule has 0 saturated carbocycles. The SMILES string of the molecule is COc1ccc(C(=O)O)cc1NCc1cnn(CCO)c1. The number of methoxy groups -OCH3 is 1. The average Bonchev–Trinajstić information content (AvgIpc) is 2.92. The molecule has 2 aromatic rings. The lowest BCUT2D eigenvalue weighted by atomic mass is 10.2. The number of aromatic nitrogens is 2. The minimum absolute atomic E-state index is 0.0308. The molecule has 0 aliphatic heterocycles. The molecule has 0 unspecified atom stereocenters. The first kappa shape index (κ1) is 14.9. The smallest absolute Gasteiger partial charge is 0.335 e. The Bertz CT molecular complexity index is 624. The van der Waals surface area contributed by atoms with Crippen molar-refractivity contribution in [2.24, 2.45) is 0 Å². The normalized spacial score (nSPS) is 10.4. The van der Waals surface area contributed by atoms with Gasteiger partial charge in [0.25, 0.3) is 0 Å². The van der Waals surface area contributed by atoms with Crippen LogP contribution in [-0.2, 0) is 13.1 Å². The Morgan fingerprint density at radius 3 is 2.95 bits per heavy atom. The maximum Gasteiger partial charge on any atom is 0.335 e. The Kier molecular flexibility index (Phi) is 4.78. The molecule has 1 aromatic heterocycles. The molecule has 0 amide bonds. The summed E-state index contributed by atoms with van der Waals surface area (Å²) in [5.74, 6) is -0.417. The van der Waals surface area contributed by atoms with Gasteiger partial charge in [-0.05, 0) is 18.2 Å². The summed E-state index contributed by atoms with van der Waals surface area (Å²) in [6.07, 6.45) is 3.51. The molecule has 21 heavy (non-hydrogen) atoms. The Hall–Kier alpha value is -2.54. The Morgan fingerprint density at radius 2 is 2.29 bits per heavy atom. The molecule has 0 atom stereocenters. The molecule has 3 N–H and O–H groups in total. The van der Waals surface area contributed by atoms with Gasteiger partial charge in [0, 0.05) is 18.3 Å². The summed E-state index contributed by atoms with van der Waals surface area (Å²) in [5.41, 5.74) is 1.72. The molecule has 0 aliphatic carbocycles. The highest BCUT2D eigenvalue weighted by molar-refractivity contribution is 5.89. The highest BCUT2D eigenvalue weighted by Crippen LogP contribution is 2.26. The van der Waals surface area contributed by atoms with Crippen LogP contribution < -0.4 is 10.1 Å². The molecule has 112 valence electrons. The molecule has 1 heterocycles. The van der Waals surface area contributed by atoms with Crippen molar-refractivity contribution in [3.05, 3.63) is 41.7 Å². The van der Waals surface area contributed by atoms with Gasteiger partial charge in [-0.15, -0.1) is 0 Å². The zero-order valence-corrected chi connectivity index (χ0v) is 11.6. The number of carboxylic acid groups (broad SMARTS) is 1. The van der Waals surface area contributed by atoms with Crippen molar-refractivity contribution in [3.63, 3.8) is 0 Å².